The van der Waals surface area contributed by atoms with Crippen LogP contribution in [-0.2, 0) is 9.53 Å². The minimum atomic E-state index is -1.29. The van der Waals surface area contributed by atoms with E-state index in [0.29, 0.717) is 17.0 Å². The van der Waals surface area contributed by atoms with Gasteiger partial charge in [0.25, 0.3) is 5.69 Å². The van der Waals surface area contributed by atoms with Crippen LogP contribution in [0.3, 0.4) is 0 Å². The van der Waals surface area contributed by atoms with Crippen molar-refractivity contribution >= 4 is 23.9 Å². The number of nitro benzene ring substituents is 1. The molecule has 0 aliphatic carbocycles. The zero-order valence-electron chi connectivity index (χ0n) is 20.8. The van der Waals surface area contributed by atoms with Crippen molar-refractivity contribution in [1.82, 2.24) is 16.1 Å². The molecule has 2 atom stereocenters. The lowest BCUT2D eigenvalue weighted by Gasteiger charge is -2.28. The molecule has 0 spiro atoms. The Morgan fingerprint density at radius 1 is 1.26 bits per heavy atom. The van der Waals surface area contributed by atoms with Gasteiger partial charge < -0.3 is 35.1 Å². The lowest BCUT2D eigenvalue weighted by molar-refractivity contribution is -0.384. The third-order valence-electron chi connectivity index (χ3n) is 5.32. The van der Waals surface area contributed by atoms with Gasteiger partial charge in [0.1, 0.15) is 12.4 Å². The molecule has 0 radical (unpaired) electrons. The molecule has 1 aliphatic rings. The number of carbonyl (C=O) groups is 2. The van der Waals surface area contributed by atoms with Crippen LogP contribution in [0, 0.1) is 10.1 Å². The minimum Gasteiger partial charge on any atom is -0.507 e. The summed E-state index contributed by atoms with van der Waals surface area (Å²) >= 11 is 0. The molecule has 0 bridgehead atoms. The number of phenols is 1. The van der Waals surface area contributed by atoms with Crippen molar-refractivity contribution in [1.29, 1.82) is 0 Å². The summed E-state index contributed by atoms with van der Waals surface area (Å²) in [6.07, 6.45) is -0.172. The number of non-ortho nitro benzene ring substituents is 1. The van der Waals surface area contributed by atoms with Gasteiger partial charge in [-0.2, -0.15) is 5.10 Å². The van der Waals surface area contributed by atoms with Crippen molar-refractivity contribution in [2.75, 3.05) is 20.3 Å². The zero-order chi connectivity index (χ0) is 27.8. The second-order valence-corrected chi connectivity index (χ2v) is 7.92. The number of nitrogens with zero attached hydrogens (tertiary/aromatic N) is 2. The monoisotopic (exact) mass is 529 g/mol. The Morgan fingerprint density at radius 2 is 2.03 bits per heavy atom. The average Bonchev–Trinajstić information content (AvgIpc) is 2.88. The standard InChI is InChI=1S/C24H27N5O9/c1-4-37-19-10-14(22-21(23(32)36-3)13(2)26-24(33)27-22)5-8-18(19)38-12-20(31)28-25-11-15-9-16(29(34)35)6-7-17(15)30/h5-11,20,22,28,30-31H,4,12H2,1-3H3,(H2,26,27,33)/b25-11+/t20-,22+/m1/s1. The van der Waals surface area contributed by atoms with Gasteiger partial charge in [0.05, 0.1) is 36.5 Å². The number of hydrazone groups is 1. The first-order valence-electron chi connectivity index (χ1n) is 11.3. The van der Waals surface area contributed by atoms with Crippen LogP contribution in [0.15, 0.2) is 52.8 Å². The number of rotatable bonds is 11. The third kappa shape index (κ3) is 6.67. The molecule has 202 valence electrons. The van der Waals surface area contributed by atoms with Crippen LogP contribution in [0.4, 0.5) is 10.5 Å². The molecule has 5 N–H and O–H groups in total. The zero-order valence-corrected chi connectivity index (χ0v) is 20.8. The van der Waals surface area contributed by atoms with Crippen molar-refractivity contribution < 1.29 is 38.9 Å². The number of nitro groups is 1. The SMILES string of the molecule is CCOc1cc([C@@H]2NC(=O)NC(C)=C2C(=O)OC)ccc1OC[C@@H](O)N/N=C/c1cc([N+](=O)[O-])ccc1O. The number of ether oxygens (including phenoxy) is 3. The molecule has 1 heterocycles. The van der Waals surface area contributed by atoms with Crippen LogP contribution in [0.25, 0.3) is 0 Å². The van der Waals surface area contributed by atoms with Gasteiger partial charge in [0.2, 0.25) is 0 Å². The van der Waals surface area contributed by atoms with Gasteiger partial charge in [-0.1, -0.05) is 6.07 Å². The summed E-state index contributed by atoms with van der Waals surface area (Å²) < 4.78 is 16.2. The quantitative estimate of drug-likeness (QED) is 0.0942. The Hall–Kier alpha value is -4.85. The Morgan fingerprint density at radius 3 is 2.71 bits per heavy atom. The van der Waals surface area contributed by atoms with E-state index >= 15 is 0 Å². The number of urea groups is 1. The van der Waals surface area contributed by atoms with Gasteiger partial charge in [-0.05, 0) is 37.6 Å². The number of carbonyl (C=O) groups excluding carboxylic acids is 2. The van der Waals surface area contributed by atoms with Crippen LogP contribution in [0.2, 0.25) is 0 Å². The maximum atomic E-state index is 12.3. The molecule has 2 amide bonds. The number of hydrogen-bond acceptors (Lipinski definition) is 11. The number of aromatic hydroxyl groups is 1. The van der Waals surface area contributed by atoms with Crippen LogP contribution in [-0.4, -0.2) is 59.9 Å². The number of hydrogen-bond donors (Lipinski definition) is 5. The molecule has 14 nitrogen and oxygen atoms in total. The third-order valence-corrected chi connectivity index (χ3v) is 5.32. The molecule has 2 aromatic rings. The summed E-state index contributed by atoms with van der Waals surface area (Å²) in [5.41, 5.74) is 3.37. The van der Waals surface area contributed by atoms with Gasteiger partial charge >= 0.3 is 12.0 Å². The lowest BCUT2D eigenvalue weighted by Crippen LogP contribution is -2.45. The molecular weight excluding hydrogens is 502 g/mol. The van der Waals surface area contributed by atoms with Crippen molar-refractivity contribution in [3.63, 3.8) is 0 Å². The van der Waals surface area contributed by atoms with E-state index in [0.717, 1.165) is 18.3 Å². The molecule has 0 unspecified atom stereocenters. The Balaban J connectivity index is 1.71. The fourth-order valence-electron chi connectivity index (χ4n) is 3.57. The predicted octanol–water partition coefficient (Wildman–Crippen LogP) is 1.82. The highest BCUT2D eigenvalue weighted by molar-refractivity contribution is 5.95. The fourth-order valence-corrected chi connectivity index (χ4v) is 3.57. The van der Waals surface area contributed by atoms with E-state index in [9.17, 15) is 29.9 Å². The first-order valence-corrected chi connectivity index (χ1v) is 11.3. The first kappa shape index (κ1) is 27.7. The van der Waals surface area contributed by atoms with Crippen LogP contribution >= 0.6 is 0 Å². The number of allylic oxidation sites excluding steroid dienone is 1. The van der Waals surface area contributed by atoms with Crippen molar-refractivity contribution in [2.45, 2.75) is 26.1 Å². The summed E-state index contributed by atoms with van der Waals surface area (Å²) in [5, 5.41) is 39.9. The summed E-state index contributed by atoms with van der Waals surface area (Å²) in [5.74, 6) is -0.251. The second-order valence-electron chi connectivity index (χ2n) is 7.92. The van der Waals surface area contributed by atoms with Crippen LogP contribution in [0.5, 0.6) is 17.2 Å². The maximum Gasteiger partial charge on any atom is 0.337 e. The molecule has 1 aliphatic heterocycles. The molecular formula is C24H27N5O9. The molecule has 3 rings (SSSR count). The molecule has 2 aromatic carbocycles. The highest BCUT2D eigenvalue weighted by Gasteiger charge is 2.32. The van der Waals surface area contributed by atoms with E-state index in [2.05, 4.69) is 21.2 Å². The number of phenolic OH excluding ortho intramolecular Hbond substituents is 1. The largest absolute Gasteiger partial charge is 0.507 e. The number of methoxy groups -OCH3 is 1. The molecule has 0 aromatic heterocycles. The summed E-state index contributed by atoms with van der Waals surface area (Å²) in [6, 6.07) is 6.97. The normalized spacial score (nSPS) is 15.9. The highest BCUT2D eigenvalue weighted by Crippen LogP contribution is 2.35. The Bertz CT molecular complexity index is 1280. The van der Waals surface area contributed by atoms with E-state index in [4.69, 9.17) is 14.2 Å². The number of nitrogens with one attached hydrogen (secondary N) is 3. The maximum absolute atomic E-state index is 12.3. The Kier molecular flexibility index (Phi) is 9.05. The summed E-state index contributed by atoms with van der Waals surface area (Å²) in [4.78, 5) is 34.7. The van der Waals surface area contributed by atoms with Crippen LogP contribution in [0.1, 0.15) is 31.0 Å². The molecule has 0 fully saturated rings. The molecule has 0 saturated carbocycles. The average molecular weight is 530 g/mol. The van der Waals surface area contributed by atoms with E-state index in [1.165, 1.54) is 13.2 Å². The number of esters is 1. The number of aliphatic hydroxyl groups is 1. The van der Waals surface area contributed by atoms with Crippen molar-refractivity contribution in [3.05, 3.63) is 68.9 Å². The molecule has 38 heavy (non-hydrogen) atoms. The van der Waals surface area contributed by atoms with Crippen molar-refractivity contribution in [3.8, 4) is 17.2 Å². The highest BCUT2D eigenvalue weighted by atomic mass is 16.6. The molecule has 14 heteroatoms. The van der Waals surface area contributed by atoms with E-state index in [1.54, 1.807) is 32.0 Å². The molecule has 0 saturated heterocycles. The smallest absolute Gasteiger partial charge is 0.337 e. The van der Waals surface area contributed by atoms with Gasteiger partial charge in [0, 0.05) is 23.4 Å². The van der Waals surface area contributed by atoms with E-state index in [1.807, 2.05) is 0 Å². The van der Waals surface area contributed by atoms with Gasteiger partial charge in [-0.25, -0.2) is 9.59 Å². The van der Waals surface area contributed by atoms with Gasteiger partial charge in [-0.15, -0.1) is 0 Å². The number of amides is 2. The predicted molar refractivity (Wildman–Crippen MR) is 134 cm³/mol. The summed E-state index contributed by atoms with van der Waals surface area (Å²) in [7, 11) is 1.24. The van der Waals surface area contributed by atoms with Crippen molar-refractivity contribution in [2.24, 2.45) is 5.10 Å². The Labute approximate surface area is 217 Å². The summed E-state index contributed by atoms with van der Waals surface area (Å²) in [6.45, 7) is 3.38. The van der Waals surface area contributed by atoms with Gasteiger partial charge in [0.15, 0.2) is 17.7 Å². The first-order chi connectivity index (χ1) is 18.1. The van der Waals surface area contributed by atoms with Crippen LogP contribution < -0.4 is 25.5 Å². The topological polar surface area (TPSA) is 194 Å². The fraction of sp³-hybridized carbons (Fsp3) is 0.292. The van der Waals surface area contributed by atoms with Gasteiger partial charge in [-0.3, -0.25) is 15.5 Å². The number of aliphatic hydroxyl groups excluding tert-OH is 1. The second kappa shape index (κ2) is 12.4. The van der Waals surface area contributed by atoms with E-state index in [-0.39, 0.29) is 41.5 Å². The minimum absolute atomic E-state index is 0.0784. The lowest BCUT2D eigenvalue weighted by atomic mass is 9.95. The number of benzene rings is 2. The van der Waals surface area contributed by atoms with E-state index < -0.39 is 29.2 Å².